The van der Waals surface area contributed by atoms with E-state index in [0.717, 1.165) is 0 Å². The van der Waals surface area contributed by atoms with E-state index in [1.165, 1.54) is 11.3 Å². The Morgan fingerprint density at radius 2 is 2.60 bits per heavy atom. The Morgan fingerprint density at radius 3 is 3.20 bits per heavy atom. The Bertz CT molecular complexity index is 257. The normalized spacial score (nSPS) is 10.0. The van der Waals surface area contributed by atoms with Crippen molar-refractivity contribution < 1.29 is 4.52 Å². The molecule has 49 valence electrons. The lowest BCUT2D eigenvalue weighted by molar-refractivity contribution is 0.403. The van der Waals surface area contributed by atoms with E-state index in [9.17, 15) is 0 Å². The summed E-state index contributed by atoms with van der Waals surface area (Å²) in [5.74, 6) is 0.433. The standard InChI is InChI=1S/C4HN4OS/c1-3(9-8-5-1)4-7-6-2-10-4/h2H. The molecule has 2 heterocycles. The summed E-state index contributed by atoms with van der Waals surface area (Å²) in [6.45, 7) is 0. The minimum atomic E-state index is 0.433. The quantitative estimate of drug-likeness (QED) is 0.592. The molecule has 0 N–H and O–H groups in total. The second-order valence-electron chi connectivity index (χ2n) is 1.46. The second kappa shape index (κ2) is 2.14. The number of nitrogens with zero attached hydrogens (tertiary/aromatic N) is 4. The van der Waals surface area contributed by atoms with E-state index < -0.39 is 0 Å². The van der Waals surface area contributed by atoms with Gasteiger partial charge in [0.15, 0.2) is 11.2 Å². The van der Waals surface area contributed by atoms with Gasteiger partial charge >= 0.3 is 0 Å². The fraction of sp³-hybridized carbons (Fsp3) is 0. The zero-order valence-electron chi connectivity index (χ0n) is 4.68. The van der Waals surface area contributed by atoms with Crippen molar-refractivity contribution in [2.24, 2.45) is 0 Å². The smallest absolute Gasteiger partial charge is 0.227 e. The monoisotopic (exact) mass is 153 g/mol. The third kappa shape index (κ3) is 0.781. The first-order valence-corrected chi connectivity index (χ1v) is 3.31. The van der Waals surface area contributed by atoms with Crippen LogP contribution < -0.4 is 0 Å². The topological polar surface area (TPSA) is 64.7 Å². The molecule has 2 aromatic rings. The van der Waals surface area contributed by atoms with Crippen LogP contribution in [-0.4, -0.2) is 20.6 Å². The summed E-state index contributed by atoms with van der Waals surface area (Å²) in [5.41, 5.74) is 1.60. The van der Waals surface area contributed by atoms with Crippen LogP contribution >= 0.6 is 11.3 Å². The van der Waals surface area contributed by atoms with Crippen molar-refractivity contribution in [2.75, 3.05) is 0 Å². The van der Waals surface area contributed by atoms with Gasteiger partial charge in [0, 0.05) is 5.27 Å². The first-order valence-electron chi connectivity index (χ1n) is 2.43. The average molecular weight is 153 g/mol. The van der Waals surface area contributed by atoms with Crippen LogP contribution in [0, 0.1) is 6.20 Å². The van der Waals surface area contributed by atoms with Crippen LogP contribution in [0.15, 0.2) is 10.0 Å². The van der Waals surface area contributed by atoms with Gasteiger partial charge in [0.25, 0.3) is 0 Å². The Hall–Kier alpha value is -1.30. The molecule has 0 atom stereocenters. The van der Waals surface area contributed by atoms with E-state index in [1.54, 1.807) is 5.51 Å². The van der Waals surface area contributed by atoms with Crippen molar-refractivity contribution in [3.8, 4) is 10.8 Å². The summed E-state index contributed by atoms with van der Waals surface area (Å²) >= 11 is 1.35. The summed E-state index contributed by atoms with van der Waals surface area (Å²) in [7, 11) is 0. The fourth-order valence-electron chi connectivity index (χ4n) is 0.506. The van der Waals surface area contributed by atoms with Crippen LogP contribution in [0.3, 0.4) is 0 Å². The van der Waals surface area contributed by atoms with Gasteiger partial charge in [-0.05, 0) is 0 Å². The SMILES string of the molecule is [c]1nnoc1-c1nncs1. The van der Waals surface area contributed by atoms with Crippen molar-refractivity contribution in [1.82, 2.24) is 20.6 Å². The van der Waals surface area contributed by atoms with E-state index in [1.807, 2.05) is 0 Å². The summed E-state index contributed by atoms with van der Waals surface area (Å²) in [6.07, 6.45) is 2.52. The van der Waals surface area contributed by atoms with Gasteiger partial charge in [-0.2, -0.15) is 0 Å². The maximum atomic E-state index is 4.67. The molecule has 5 nitrogen and oxygen atoms in total. The summed E-state index contributed by atoms with van der Waals surface area (Å²) in [4.78, 5) is 0. The molecule has 0 aromatic carbocycles. The van der Waals surface area contributed by atoms with Gasteiger partial charge < -0.3 is 4.52 Å². The van der Waals surface area contributed by atoms with E-state index in [-0.39, 0.29) is 0 Å². The molecule has 6 heteroatoms. The predicted octanol–water partition coefficient (Wildman–Crippen LogP) is 0.388. The van der Waals surface area contributed by atoms with Gasteiger partial charge in [-0.15, -0.1) is 15.3 Å². The molecule has 0 amide bonds. The number of hydrogen-bond acceptors (Lipinski definition) is 6. The zero-order chi connectivity index (χ0) is 6.81. The van der Waals surface area contributed by atoms with Crippen molar-refractivity contribution in [2.45, 2.75) is 0 Å². The molecule has 0 aliphatic carbocycles. The third-order valence-corrected chi connectivity index (χ3v) is 1.57. The largest absolute Gasteiger partial charge is 0.333 e. The minimum Gasteiger partial charge on any atom is -0.333 e. The van der Waals surface area contributed by atoms with Crippen molar-refractivity contribution in [3.63, 3.8) is 0 Å². The summed E-state index contributed by atoms with van der Waals surface area (Å²) < 4.78 is 4.67. The highest BCUT2D eigenvalue weighted by molar-refractivity contribution is 7.12. The van der Waals surface area contributed by atoms with E-state index in [0.29, 0.717) is 10.8 Å². The Labute approximate surface area is 59.7 Å². The van der Waals surface area contributed by atoms with Gasteiger partial charge in [-0.25, -0.2) is 0 Å². The van der Waals surface area contributed by atoms with Crippen LogP contribution in [0.5, 0.6) is 0 Å². The lowest BCUT2D eigenvalue weighted by Gasteiger charge is -1.76. The first-order chi connectivity index (χ1) is 4.97. The Morgan fingerprint density at radius 1 is 1.60 bits per heavy atom. The molecule has 2 aromatic heterocycles. The number of aromatic nitrogens is 4. The fourth-order valence-corrected chi connectivity index (χ4v) is 0.985. The van der Waals surface area contributed by atoms with Gasteiger partial charge in [-0.3, -0.25) is 0 Å². The molecule has 0 bridgehead atoms. The van der Waals surface area contributed by atoms with Crippen LogP contribution in [-0.2, 0) is 0 Å². The molecule has 1 radical (unpaired) electrons. The van der Waals surface area contributed by atoms with E-state index in [4.69, 9.17) is 0 Å². The highest BCUT2D eigenvalue weighted by Crippen LogP contribution is 2.16. The maximum absolute atomic E-state index is 4.67. The van der Waals surface area contributed by atoms with Gasteiger partial charge in [0.2, 0.25) is 5.76 Å². The number of hydrogen-bond donors (Lipinski definition) is 0. The number of rotatable bonds is 1. The third-order valence-electron chi connectivity index (χ3n) is 0.879. The molecule has 10 heavy (non-hydrogen) atoms. The first kappa shape index (κ1) is 5.48. The molecule has 0 aliphatic heterocycles. The minimum absolute atomic E-state index is 0.433. The molecule has 0 saturated heterocycles. The van der Waals surface area contributed by atoms with Crippen LogP contribution in [0.4, 0.5) is 0 Å². The van der Waals surface area contributed by atoms with Crippen LogP contribution in [0.2, 0.25) is 0 Å². The summed E-state index contributed by atoms with van der Waals surface area (Å²) in [5, 5.41) is 14.6. The Balaban J connectivity index is 2.48. The van der Waals surface area contributed by atoms with Gasteiger partial charge in [0.05, 0.1) is 0 Å². The molecular weight excluding hydrogens is 152 g/mol. The molecule has 2 rings (SSSR count). The van der Waals surface area contributed by atoms with Crippen molar-refractivity contribution in [1.29, 1.82) is 0 Å². The van der Waals surface area contributed by atoms with E-state index in [2.05, 4.69) is 31.3 Å². The molecule has 0 saturated carbocycles. The molecule has 0 aliphatic rings. The van der Waals surface area contributed by atoms with E-state index >= 15 is 0 Å². The zero-order valence-corrected chi connectivity index (χ0v) is 5.50. The van der Waals surface area contributed by atoms with Crippen LogP contribution in [0.25, 0.3) is 10.8 Å². The predicted molar refractivity (Wildman–Crippen MR) is 32.0 cm³/mol. The lowest BCUT2D eigenvalue weighted by Crippen LogP contribution is -1.70. The van der Waals surface area contributed by atoms with Gasteiger partial charge in [0.1, 0.15) is 5.51 Å². The lowest BCUT2D eigenvalue weighted by atomic mass is 10.5. The van der Waals surface area contributed by atoms with Crippen molar-refractivity contribution in [3.05, 3.63) is 11.7 Å². The average Bonchev–Trinajstić information content (AvgIpc) is 2.59. The maximum Gasteiger partial charge on any atom is 0.227 e. The Kier molecular flexibility index (Phi) is 1.17. The van der Waals surface area contributed by atoms with Crippen molar-refractivity contribution >= 4 is 11.3 Å². The molecule has 0 unspecified atom stereocenters. The highest BCUT2D eigenvalue weighted by Gasteiger charge is 2.05. The molecule has 0 spiro atoms. The second-order valence-corrected chi connectivity index (χ2v) is 2.29. The highest BCUT2D eigenvalue weighted by atomic mass is 32.1. The molecule has 0 fully saturated rings. The summed E-state index contributed by atoms with van der Waals surface area (Å²) in [6, 6.07) is 0. The van der Waals surface area contributed by atoms with Gasteiger partial charge in [-0.1, -0.05) is 11.3 Å². The molecular formula is C4HN4OS. The van der Waals surface area contributed by atoms with Crippen LogP contribution in [0.1, 0.15) is 0 Å².